The molecule has 8 nitrogen and oxygen atoms in total. The topological polar surface area (TPSA) is 127 Å². The molecule has 1 unspecified atom stereocenters. The van der Waals surface area contributed by atoms with Crippen LogP contribution in [-0.4, -0.2) is 19.4 Å². The molecule has 0 fully saturated rings. The number of nitrogens with one attached hydrogen (secondary N) is 2. The van der Waals surface area contributed by atoms with Gasteiger partial charge in [0.2, 0.25) is 10.0 Å². The Morgan fingerprint density at radius 2 is 2.10 bits per heavy atom. The number of benzene rings is 1. The van der Waals surface area contributed by atoms with Crippen molar-refractivity contribution in [2.45, 2.75) is 37.6 Å². The molecule has 0 spiro atoms. The van der Waals surface area contributed by atoms with Gasteiger partial charge in [-0.15, -0.1) is 0 Å². The molecule has 0 saturated carbocycles. The molecule has 0 aliphatic heterocycles. The summed E-state index contributed by atoms with van der Waals surface area (Å²) < 4.78 is 26.8. The maximum absolute atomic E-state index is 12.2. The number of nitrogen functional groups attached to an aromatic ring is 1. The molecule has 112 valence electrons. The van der Waals surface area contributed by atoms with Gasteiger partial charge in [0.25, 0.3) is 5.69 Å². The highest BCUT2D eigenvalue weighted by Crippen LogP contribution is 2.27. The van der Waals surface area contributed by atoms with E-state index in [2.05, 4.69) is 10.1 Å². The van der Waals surface area contributed by atoms with Crippen molar-refractivity contribution in [3.05, 3.63) is 28.3 Å². The zero-order chi connectivity index (χ0) is 15.3. The van der Waals surface area contributed by atoms with Gasteiger partial charge in [0.1, 0.15) is 0 Å². The van der Waals surface area contributed by atoms with Crippen LogP contribution in [-0.2, 0) is 10.0 Å². The second-order valence-electron chi connectivity index (χ2n) is 4.39. The Balaban J connectivity index is 3.20. The summed E-state index contributed by atoms with van der Waals surface area (Å²) >= 11 is 0. The molecular weight excluding hydrogens is 284 g/mol. The summed E-state index contributed by atoms with van der Waals surface area (Å²) in [5.41, 5.74) is 1.99. The van der Waals surface area contributed by atoms with E-state index in [4.69, 9.17) is 5.84 Å². The van der Waals surface area contributed by atoms with Crippen molar-refractivity contribution < 1.29 is 13.3 Å². The maximum Gasteiger partial charge on any atom is 0.291 e. The van der Waals surface area contributed by atoms with Crippen molar-refractivity contribution in [3.63, 3.8) is 0 Å². The van der Waals surface area contributed by atoms with Crippen molar-refractivity contribution >= 4 is 21.4 Å². The van der Waals surface area contributed by atoms with Crippen molar-refractivity contribution in [1.29, 1.82) is 0 Å². The fourth-order valence-corrected chi connectivity index (χ4v) is 3.23. The van der Waals surface area contributed by atoms with Gasteiger partial charge in [-0.3, -0.25) is 16.0 Å². The number of sulfonamides is 1. The minimum Gasteiger partial charge on any atom is -0.324 e. The van der Waals surface area contributed by atoms with E-state index in [-0.39, 0.29) is 16.6 Å². The third-order valence-corrected chi connectivity index (χ3v) is 4.33. The predicted octanol–water partition coefficient (Wildman–Crippen LogP) is 1.35. The lowest BCUT2D eigenvalue weighted by molar-refractivity contribution is -0.387. The van der Waals surface area contributed by atoms with E-state index in [1.165, 1.54) is 6.07 Å². The first-order valence-corrected chi connectivity index (χ1v) is 7.57. The van der Waals surface area contributed by atoms with Crippen LogP contribution in [0.4, 0.5) is 11.4 Å². The molecule has 4 N–H and O–H groups in total. The molecule has 1 atom stereocenters. The van der Waals surface area contributed by atoms with Gasteiger partial charge in [0.15, 0.2) is 4.90 Å². The molecular formula is C11H18N4O4S. The SMILES string of the molecule is CCCC(C)NS(=O)(=O)c1ccc(NN)cc1[N+](=O)[O-]. The molecule has 1 aromatic rings. The average molecular weight is 302 g/mol. The number of hydrogen-bond acceptors (Lipinski definition) is 6. The zero-order valence-corrected chi connectivity index (χ0v) is 12.1. The van der Waals surface area contributed by atoms with Crippen molar-refractivity contribution in [3.8, 4) is 0 Å². The van der Waals surface area contributed by atoms with Crippen molar-refractivity contribution in [2.24, 2.45) is 5.84 Å². The molecule has 0 heterocycles. The molecule has 0 aliphatic carbocycles. The molecule has 0 amide bonds. The van der Waals surface area contributed by atoms with E-state index in [0.717, 1.165) is 18.6 Å². The van der Waals surface area contributed by atoms with E-state index in [0.29, 0.717) is 6.42 Å². The number of nitro groups is 1. The first-order chi connectivity index (χ1) is 9.31. The number of hydrogen-bond donors (Lipinski definition) is 3. The fourth-order valence-electron chi connectivity index (χ4n) is 1.80. The highest BCUT2D eigenvalue weighted by atomic mass is 32.2. The second-order valence-corrected chi connectivity index (χ2v) is 6.08. The Hall–Kier alpha value is -1.71. The van der Waals surface area contributed by atoms with Gasteiger partial charge in [-0.25, -0.2) is 13.1 Å². The van der Waals surface area contributed by atoms with Gasteiger partial charge >= 0.3 is 0 Å². The minimum absolute atomic E-state index is 0.261. The zero-order valence-electron chi connectivity index (χ0n) is 11.3. The fraction of sp³-hybridized carbons (Fsp3) is 0.455. The van der Waals surface area contributed by atoms with Gasteiger partial charge in [-0.1, -0.05) is 13.3 Å². The van der Waals surface area contributed by atoms with E-state index in [1.54, 1.807) is 6.92 Å². The third kappa shape index (κ3) is 3.89. The number of hydrazine groups is 1. The quantitative estimate of drug-likeness (QED) is 0.396. The van der Waals surface area contributed by atoms with Crippen LogP contribution in [0.5, 0.6) is 0 Å². The molecule has 0 saturated heterocycles. The van der Waals surface area contributed by atoms with Crippen LogP contribution in [0.15, 0.2) is 23.1 Å². The van der Waals surface area contributed by atoms with Crippen LogP contribution < -0.4 is 16.0 Å². The summed E-state index contributed by atoms with van der Waals surface area (Å²) in [6.07, 6.45) is 1.46. The van der Waals surface area contributed by atoms with Gasteiger partial charge in [0.05, 0.1) is 10.6 Å². The van der Waals surface area contributed by atoms with E-state index in [9.17, 15) is 18.5 Å². The van der Waals surface area contributed by atoms with Gasteiger partial charge < -0.3 is 5.43 Å². The largest absolute Gasteiger partial charge is 0.324 e. The summed E-state index contributed by atoms with van der Waals surface area (Å²) in [5.74, 6) is 5.16. The molecule has 9 heteroatoms. The van der Waals surface area contributed by atoms with Crippen LogP contribution in [0.2, 0.25) is 0 Å². The molecule has 0 aromatic heterocycles. The smallest absolute Gasteiger partial charge is 0.291 e. The Morgan fingerprint density at radius 3 is 2.60 bits per heavy atom. The van der Waals surface area contributed by atoms with Gasteiger partial charge in [-0.05, 0) is 25.5 Å². The summed E-state index contributed by atoms with van der Waals surface area (Å²) in [4.78, 5) is 9.87. The first kappa shape index (κ1) is 16.3. The van der Waals surface area contributed by atoms with E-state index >= 15 is 0 Å². The number of anilines is 1. The number of nitrogens with two attached hydrogens (primary N) is 1. The van der Waals surface area contributed by atoms with Crippen LogP contribution >= 0.6 is 0 Å². The Kier molecular flexibility index (Phi) is 5.43. The molecule has 20 heavy (non-hydrogen) atoms. The normalized spacial score (nSPS) is 12.9. The van der Waals surface area contributed by atoms with Crippen LogP contribution in [0.1, 0.15) is 26.7 Å². The Labute approximate surface area is 117 Å². The maximum atomic E-state index is 12.2. The van der Waals surface area contributed by atoms with E-state index < -0.39 is 20.6 Å². The van der Waals surface area contributed by atoms with Crippen LogP contribution in [0.3, 0.4) is 0 Å². The molecule has 0 aliphatic rings. The number of nitrogens with zero attached hydrogens (tertiary/aromatic N) is 1. The lowest BCUT2D eigenvalue weighted by Crippen LogP contribution is -2.32. The molecule has 0 radical (unpaired) electrons. The molecule has 1 aromatic carbocycles. The lowest BCUT2D eigenvalue weighted by Gasteiger charge is -2.13. The third-order valence-electron chi connectivity index (χ3n) is 2.69. The minimum atomic E-state index is -3.94. The molecule has 1 rings (SSSR count). The lowest BCUT2D eigenvalue weighted by atomic mass is 10.2. The monoisotopic (exact) mass is 302 g/mol. The summed E-state index contributed by atoms with van der Waals surface area (Å²) in [7, 11) is -3.94. The summed E-state index contributed by atoms with van der Waals surface area (Å²) in [6.45, 7) is 3.64. The van der Waals surface area contributed by atoms with Gasteiger partial charge in [-0.2, -0.15) is 0 Å². The highest BCUT2D eigenvalue weighted by Gasteiger charge is 2.27. The van der Waals surface area contributed by atoms with E-state index in [1.807, 2.05) is 6.92 Å². The average Bonchev–Trinajstić information content (AvgIpc) is 2.37. The Morgan fingerprint density at radius 1 is 1.45 bits per heavy atom. The summed E-state index contributed by atoms with van der Waals surface area (Å²) in [5, 5.41) is 11.0. The number of nitro benzene ring substituents is 1. The predicted molar refractivity (Wildman–Crippen MR) is 75.6 cm³/mol. The number of rotatable bonds is 7. The van der Waals surface area contributed by atoms with Crippen LogP contribution in [0.25, 0.3) is 0 Å². The summed E-state index contributed by atoms with van der Waals surface area (Å²) in [6, 6.07) is 3.32. The van der Waals surface area contributed by atoms with Crippen LogP contribution in [0, 0.1) is 10.1 Å². The molecule has 0 bridgehead atoms. The Bertz CT molecular complexity index is 588. The van der Waals surface area contributed by atoms with Gasteiger partial charge in [0, 0.05) is 12.1 Å². The van der Waals surface area contributed by atoms with Crippen molar-refractivity contribution in [2.75, 3.05) is 5.43 Å². The first-order valence-electron chi connectivity index (χ1n) is 6.09. The second kappa shape index (κ2) is 6.64. The van der Waals surface area contributed by atoms with Crippen molar-refractivity contribution in [1.82, 2.24) is 4.72 Å². The standard InChI is InChI=1S/C11H18N4O4S/c1-3-4-8(2)14-20(18,19)11-6-5-9(13-12)7-10(11)15(16)17/h5-8,13-14H,3-4,12H2,1-2H3. The highest BCUT2D eigenvalue weighted by molar-refractivity contribution is 7.89.